The standard InChI is InChI=1S/C15H17N5O/c1-10-7-11(2)20-15(17-10)18-14(19-20)16-9-12-5-4-6-13(8-12)21-3/h4-8H,9H2,1-3H3,(H,16,19). The molecule has 1 aromatic carbocycles. The Morgan fingerprint density at radius 2 is 2.05 bits per heavy atom. The molecule has 0 saturated heterocycles. The van der Waals surface area contributed by atoms with Gasteiger partial charge in [-0.2, -0.15) is 9.50 Å². The third-order valence-electron chi connectivity index (χ3n) is 3.20. The highest BCUT2D eigenvalue weighted by molar-refractivity contribution is 5.40. The summed E-state index contributed by atoms with van der Waals surface area (Å²) in [6.07, 6.45) is 0. The lowest BCUT2D eigenvalue weighted by Crippen LogP contribution is -2.02. The summed E-state index contributed by atoms with van der Waals surface area (Å²) in [5.41, 5.74) is 3.06. The Bertz CT molecular complexity index is 781. The normalized spacial score (nSPS) is 10.8. The largest absolute Gasteiger partial charge is 0.497 e. The van der Waals surface area contributed by atoms with E-state index in [1.54, 1.807) is 11.6 Å². The number of aromatic nitrogens is 4. The predicted octanol–water partition coefficient (Wildman–Crippen LogP) is 2.36. The van der Waals surface area contributed by atoms with Crippen molar-refractivity contribution >= 4 is 11.7 Å². The van der Waals surface area contributed by atoms with Gasteiger partial charge in [-0.1, -0.05) is 12.1 Å². The molecule has 1 N–H and O–H groups in total. The number of ether oxygens (including phenoxy) is 1. The van der Waals surface area contributed by atoms with Crippen LogP contribution in [0.1, 0.15) is 17.0 Å². The maximum atomic E-state index is 5.21. The average Bonchev–Trinajstić information content (AvgIpc) is 2.88. The molecule has 2 heterocycles. The number of hydrogen-bond donors (Lipinski definition) is 1. The maximum absolute atomic E-state index is 5.21. The van der Waals surface area contributed by atoms with Gasteiger partial charge in [0.1, 0.15) is 5.75 Å². The van der Waals surface area contributed by atoms with Crippen LogP contribution in [-0.4, -0.2) is 26.7 Å². The van der Waals surface area contributed by atoms with E-state index >= 15 is 0 Å². The van der Waals surface area contributed by atoms with E-state index in [9.17, 15) is 0 Å². The van der Waals surface area contributed by atoms with Crippen LogP contribution in [0.5, 0.6) is 5.75 Å². The number of nitrogens with zero attached hydrogens (tertiary/aromatic N) is 4. The van der Waals surface area contributed by atoms with Gasteiger partial charge < -0.3 is 10.1 Å². The Balaban J connectivity index is 1.80. The van der Waals surface area contributed by atoms with Gasteiger partial charge in [-0.15, -0.1) is 5.10 Å². The van der Waals surface area contributed by atoms with E-state index in [1.807, 2.05) is 44.2 Å². The minimum Gasteiger partial charge on any atom is -0.497 e. The van der Waals surface area contributed by atoms with Crippen LogP contribution in [0.2, 0.25) is 0 Å². The molecule has 0 spiro atoms. The van der Waals surface area contributed by atoms with Crippen molar-refractivity contribution in [3.63, 3.8) is 0 Å². The molecule has 0 fully saturated rings. The molecule has 0 unspecified atom stereocenters. The van der Waals surface area contributed by atoms with E-state index in [-0.39, 0.29) is 0 Å². The van der Waals surface area contributed by atoms with Crippen molar-refractivity contribution in [1.29, 1.82) is 0 Å². The highest BCUT2D eigenvalue weighted by Gasteiger charge is 2.07. The molecule has 0 saturated carbocycles. The molecule has 0 aliphatic heterocycles. The lowest BCUT2D eigenvalue weighted by molar-refractivity contribution is 0.414. The summed E-state index contributed by atoms with van der Waals surface area (Å²) in [4.78, 5) is 8.76. The van der Waals surface area contributed by atoms with Crippen LogP contribution >= 0.6 is 0 Å². The van der Waals surface area contributed by atoms with E-state index < -0.39 is 0 Å². The molecule has 108 valence electrons. The number of benzene rings is 1. The second kappa shape index (κ2) is 5.40. The number of fused-ring (bicyclic) bond motifs is 1. The minimum absolute atomic E-state index is 0.569. The lowest BCUT2D eigenvalue weighted by atomic mass is 10.2. The molecule has 2 aromatic heterocycles. The van der Waals surface area contributed by atoms with Crippen LogP contribution in [0.25, 0.3) is 5.78 Å². The SMILES string of the molecule is COc1cccc(CNc2nc3nc(C)cc(C)n3n2)c1. The van der Waals surface area contributed by atoms with Gasteiger partial charge in [0.05, 0.1) is 7.11 Å². The number of methoxy groups -OCH3 is 1. The minimum atomic E-state index is 0.569. The maximum Gasteiger partial charge on any atom is 0.254 e. The summed E-state index contributed by atoms with van der Waals surface area (Å²) in [5.74, 6) is 2.02. The number of aryl methyl sites for hydroxylation is 2. The summed E-state index contributed by atoms with van der Waals surface area (Å²) in [6.45, 7) is 4.57. The van der Waals surface area contributed by atoms with Gasteiger partial charge >= 0.3 is 0 Å². The van der Waals surface area contributed by atoms with E-state index in [1.165, 1.54) is 0 Å². The van der Waals surface area contributed by atoms with Crippen molar-refractivity contribution in [2.24, 2.45) is 0 Å². The van der Waals surface area contributed by atoms with Crippen molar-refractivity contribution in [2.45, 2.75) is 20.4 Å². The zero-order valence-corrected chi connectivity index (χ0v) is 12.3. The summed E-state index contributed by atoms with van der Waals surface area (Å²) in [6, 6.07) is 9.87. The van der Waals surface area contributed by atoms with Crippen LogP contribution in [0.4, 0.5) is 5.95 Å². The van der Waals surface area contributed by atoms with Crippen molar-refractivity contribution in [3.8, 4) is 5.75 Å². The third-order valence-corrected chi connectivity index (χ3v) is 3.20. The van der Waals surface area contributed by atoms with E-state index in [4.69, 9.17) is 4.74 Å². The Morgan fingerprint density at radius 1 is 1.19 bits per heavy atom. The van der Waals surface area contributed by atoms with Gasteiger partial charge in [0.25, 0.3) is 5.78 Å². The van der Waals surface area contributed by atoms with Crippen LogP contribution in [-0.2, 0) is 6.54 Å². The van der Waals surface area contributed by atoms with Crippen LogP contribution in [0.15, 0.2) is 30.3 Å². The van der Waals surface area contributed by atoms with Crippen molar-refractivity contribution < 1.29 is 4.74 Å². The molecule has 0 atom stereocenters. The van der Waals surface area contributed by atoms with Gasteiger partial charge in [-0.05, 0) is 37.6 Å². The van der Waals surface area contributed by atoms with Gasteiger partial charge in [0, 0.05) is 17.9 Å². The fourth-order valence-electron chi connectivity index (χ4n) is 2.20. The van der Waals surface area contributed by atoms with Gasteiger partial charge in [-0.3, -0.25) is 0 Å². The first-order valence-electron chi connectivity index (χ1n) is 6.73. The Morgan fingerprint density at radius 3 is 2.86 bits per heavy atom. The average molecular weight is 283 g/mol. The third kappa shape index (κ3) is 2.79. The monoisotopic (exact) mass is 283 g/mol. The first kappa shape index (κ1) is 13.4. The molecule has 0 aliphatic carbocycles. The Labute approximate surface area is 122 Å². The Kier molecular flexibility index (Phi) is 3.43. The molecule has 0 radical (unpaired) electrons. The quantitative estimate of drug-likeness (QED) is 0.796. The lowest BCUT2D eigenvalue weighted by Gasteiger charge is -2.04. The highest BCUT2D eigenvalue weighted by atomic mass is 16.5. The molecule has 3 aromatic rings. The van der Waals surface area contributed by atoms with Gasteiger partial charge in [0.2, 0.25) is 5.95 Å². The van der Waals surface area contributed by atoms with Crippen LogP contribution in [0.3, 0.4) is 0 Å². The van der Waals surface area contributed by atoms with Crippen molar-refractivity contribution in [1.82, 2.24) is 19.6 Å². The first-order valence-corrected chi connectivity index (χ1v) is 6.73. The summed E-state index contributed by atoms with van der Waals surface area (Å²) < 4.78 is 6.95. The van der Waals surface area contributed by atoms with E-state index in [0.29, 0.717) is 18.3 Å². The van der Waals surface area contributed by atoms with Gasteiger partial charge in [0.15, 0.2) is 0 Å². The van der Waals surface area contributed by atoms with Crippen molar-refractivity contribution in [2.75, 3.05) is 12.4 Å². The summed E-state index contributed by atoms with van der Waals surface area (Å²) in [7, 11) is 1.66. The number of anilines is 1. The molecule has 0 aliphatic rings. The second-order valence-electron chi connectivity index (χ2n) is 4.89. The smallest absolute Gasteiger partial charge is 0.254 e. The second-order valence-corrected chi connectivity index (χ2v) is 4.89. The molecule has 0 bridgehead atoms. The molecule has 6 heteroatoms. The number of hydrogen-bond acceptors (Lipinski definition) is 5. The first-order chi connectivity index (χ1) is 10.2. The van der Waals surface area contributed by atoms with Crippen molar-refractivity contribution in [3.05, 3.63) is 47.3 Å². The zero-order valence-electron chi connectivity index (χ0n) is 12.3. The van der Waals surface area contributed by atoms with Gasteiger partial charge in [-0.25, -0.2) is 4.98 Å². The number of rotatable bonds is 4. The van der Waals surface area contributed by atoms with E-state index in [0.717, 1.165) is 22.7 Å². The fourth-order valence-corrected chi connectivity index (χ4v) is 2.20. The number of nitrogens with one attached hydrogen (secondary N) is 1. The predicted molar refractivity (Wildman–Crippen MR) is 80.6 cm³/mol. The fraction of sp³-hybridized carbons (Fsp3) is 0.267. The summed E-state index contributed by atoms with van der Waals surface area (Å²) in [5, 5.41) is 7.62. The molecular weight excluding hydrogens is 266 g/mol. The van der Waals surface area contributed by atoms with E-state index in [2.05, 4.69) is 20.4 Å². The molecule has 6 nitrogen and oxygen atoms in total. The molecular formula is C15H17N5O. The molecule has 3 rings (SSSR count). The Hall–Kier alpha value is -2.63. The topological polar surface area (TPSA) is 64.3 Å². The van der Waals surface area contributed by atoms with Crippen LogP contribution in [0, 0.1) is 13.8 Å². The molecule has 0 amide bonds. The summed E-state index contributed by atoms with van der Waals surface area (Å²) >= 11 is 0. The molecule has 21 heavy (non-hydrogen) atoms. The highest BCUT2D eigenvalue weighted by Crippen LogP contribution is 2.14. The van der Waals surface area contributed by atoms with Crippen LogP contribution < -0.4 is 10.1 Å². The zero-order chi connectivity index (χ0) is 14.8.